The molecule has 0 bridgehead atoms. The third kappa shape index (κ3) is 4.32. The molecule has 2 heterocycles. The number of nitrogens with one attached hydrogen (secondary N) is 1. The zero-order chi connectivity index (χ0) is 22.0. The molecule has 9 heteroatoms. The molecule has 1 aliphatic heterocycles. The molecule has 3 aromatic rings. The number of ether oxygens (including phenoxy) is 3. The van der Waals surface area contributed by atoms with Crippen molar-refractivity contribution in [3.8, 4) is 28.7 Å². The first-order valence-corrected chi connectivity index (χ1v) is 11.4. The average molecular weight is 445 g/mol. The van der Waals surface area contributed by atoms with E-state index in [0.29, 0.717) is 42.6 Å². The number of methoxy groups -OCH3 is 1. The Labute approximate surface area is 181 Å². The fraction of sp³-hybridized carbons (Fsp3) is 0.318. The lowest BCUT2D eigenvalue weighted by Gasteiger charge is -2.18. The van der Waals surface area contributed by atoms with Crippen LogP contribution in [0.1, 0.15) is 13.8 Å². The third-order valence-electron chi connectivity index (χ3n) is 4.66. The summed E-state index contributed by atoms with van der Waals surface area (Å²) in [6.45, 7) is 5.34. The first-order chi connectivity index (χ1) is 14.9. The number of oxazole rings is 1. The van der Waals surface area contributed by atoms with E-state index in [0.717, 1.165) is 0 Å². The van der Waals surface area contributed by atoms with Crippen molar-refractivity contribution >= 4 is 15.7 Å². The average Bonchev–Trinajstić information content (AvgIpc) is 3.22. The van der Waals surface area contributed by atoms with Crippen LogP contribution in [0.3, 0.4) is 0 Å². The van der Waals surface area contributed by atoms with Gasteiger partial charge < -0.3 is 23.9 Å². The number of fused-ring (bicyclic) bond motifs is 1. The van der Waals surface area contributed by atoms with E-state index in [1.165, 1.54) is 12.1 Å². The maximum absolute atomic E-state index is 13.5. The minimum atomic E-state index is -3.99. The van der Waals surface area contributed by atoms with E-state index in [1.807, 2.05) is 13.8 Å². The van der Waals surface area contributed by atoms with Gasteiger partial charge in [0.05, 0.1) is 12.0 Å². The van der Waals surface area contributed by atoms with Crippen molar-refractivity contribution in [3.05, 3.63) is 42.5 Å². The first kappa shape index (κ1) is 21.0. The molecule has 1 N–H and O–H groups in total. The topological polar surface area (TPSA) is 99.9 Å². The molecule has 0 aliphatic carbocycles. The van der Waals surface area contributed by atoms with Crippen molar-refractivity contribution in [2.45, 2.75) is 23.8 Å². The van der Waals surface area contributed by atoms with E-state index in [4.69, 9.17) is 18.6 Å². The Morgan fingerprint density at radius 1 is 1.10 bits per heavy atom. The van der Waals surface area contributed by atoms with Gasteiger partial charge in [-0.2, -0.15) is 4.98 Å². The number of benzene rings is 2. The highest BCUT2D eigenvalue weighted by molar-refractivity contribution is 7.91. The molecular weight excluding hydrogens is 420 g/mol. The van der Waals surface area contributed by atoms with E-state index in [1.54, 1.807) is 37.4 Å². The van der Waals surface area contributed by atoms with Crippen LogP contribution in [0.15, 0.2) is 56.8 Å². The van der Waals surface area contributed by atoms with Crippen LogP contribution in [0.25, 0.3) is 11.5 Å². The van der Waals surface area contributed by atoms with Gasteiger partial charge in [-0.3, -0.25) is 0 Å². The molecule has 164 valence electrons. The van der Waals surface area contributed by atoms with Crippen molar-refractivity contribution in [2.75, 3.05) is 32.2 Å². The van der Waals surface area contributed by atoms with E-state index in [9.17, 15) is 8.42 Å². The Morgan fingerprint density at radius 2 is 1.87 bits per heavy atom. The highest BCUT2D eigenvalue weighted by atomic mass is 32.2. The molecule has 1 aliphatic rings. The standard InChI is InChI=1S/C22H24N2O6S/c1-14(2)13-23-21-22(24-20(30-21)15-5-4-6-16(11-15)27-3)31(25,26)17-7-8-18-19(12-17)29-10-9-28-18/h4-8,11-12,14,23H,9-10,13H2,1-3H3. The van der Waals surface area contributed by atoms with Gasteiger partial charge in [0, 0.05) is 18.2 Å². The zero-order valence-corrected chi connectivity index (χ0v) is 18.4. The van der Waals surface area contributed by atoms with Gasteiger partial charge in [0.15, 0.2) is 11.5 Å². The number of hydrogen-bond acceptors (Lipinski definition) is 8. The van der Waals surface area contributed by atoms with E-state index in [2.05, 4.69) is 10.3 Å². The first-order valence-electron chi connectivity index (χ1n) is 9.92. The SMILES string of the molecule is COc1cccc(-c2nc(S(=O)(=O)c3ccc4c(c3)OCCO4)c(NCC(C)C)o2)c1. The number of nitrogens with zero attached hydrogens (tertiary/aromatic N) is 1. The van der Waals surface area contributed by atoms with E-state index in [-0.39, 0.29) is 27.6 Å². The Morgan fingerprint density at radius 3 is 2.61 bits per heavy atom. The number of sulfone groups is 1. The predicted octanol–water partition coefficient (Wildman–Crippen LogP) is 4.02. The predicted molar refractivity (Wildman–Crippen MR) is 115 cm³/mol. The molecule has 0 spiro atoms. The van der Waals surface area contributed by atoms with Crippen molar-refractivity contribution in [3.63, 3.8) is 0 Å². The van der Waals surface area contributed by atoms with Gasteiger partial charge in [0.1, 0.15) is 19.0 Å². The van der Waals surface area contributed by atoms with Crippen molar-refractivity contribution in [1.82, 2.24) is 4.98 Å². The monoisotopic (exact) mass is 444 g/mol. The van der Waals surface area contributed by atoms with Gasteiger partial charge in [0.2, 0.25) is 26.6 Å². The highest BCUT2D eigenvalue weighted by Gasteiger charge is 2.30. The summed E-state index contributed by atoms with van der Waals surface area (Å²) in [5.74, 6) is 2.07. The summed E-state index contributed by atoms with van der Waals surface area (Å²) in [4.78, 5) is 4.40. The molecule has 1 aromatic heterocycles. The van der Waals surface area contributed by atoms with Crippen LogP contribution in [-0.4, -0.2) is 40.3 Å². The summed E-state index contributed by atoms with van der Waals surface area (Å²) in [6.07, 6.45) is 0. The molecule has 0 saturated carbocycles. The second-order valence-electron chi connectivity index (χ2n) is 7.47. The second kappa shape index (κ2) is 8.50. The normalized spacial score (nSPS) is 13.3. The zero-order valence-electron chi connectivity index (χ0n) is 17.5. The Hall–Kier alpha value is -3.20. The molecule has 2 aromatic carbocycles. The lowest BCUT2D eigenvalue weighted by molar-refractivity contribution is 0.171. The summed E-state index contributed by atoms with van der Waals surface area (Å²) in [5, 5.41) is 2.90. The minimum Gasteiger partial charge on any atom is -0.497 e. The van der Waals surface area contributed by atoms with E-state index < -0.39 is 9.84 Å². The van der Waals surface area contributed by atoms with Gasteiger partial charge in [-0.15, -0.1) is 0 Å². The smallest absolute Gasteiger partial charge is 0.233 e. The Balaban J connectivity index is 1.78. The third-order valence-corrected chi connectivity index (χ3v) is 6.32. The van der Waals surface area contributed by atoms with E-state index >= 15 is 0 Å². The number of anilines is 1. The number of hydrogen-bond donors (Lipinski definition) is 1. The van der Waals surface area contributed by atoms with Gasteiger partial charge >= 0.3 is 0 Å². The lowest BCUT2D eigenvalue weighted by atomic mass is 10.2. The molecular formula is C22H24N2O6S. The summed E-state index contributed by atoms with van der Waals surface area (Å²) in [6, 6.07) is 11.6. The van der Waals surface area contributed by atoms with Crippen LogP contribution in [0.2, 0.25) is 0 Å². The minimum absolute atomic E-state index is 0.0508. The van der Waals surface area contributed by atoms with Gasteiger partial charge in [-0.1, -0.05) is 19.9 Å². The van der Waals surface area contributed by atoms with Crippen LogP contribution >= 0.6 is 0 Å². The van der Waals surface area contributed by atoms with Crippen LogP contribution in [0.5, 0.6) is 17.2 Å². The van der Waals surface area contributed by atoms with Crippen LogP contribution in [0.4, 0.5) is 5.88 Å². The highest BCUT2D eigenvalue weighted by Crippen LogP contribution is 2.37. The fourth-order valence-electron chi connectivity index (χ4n) is 3.08. The second-order valence-corrected chi connectivity index (χ2v) is 9.33. The molecule has 4 rings (SSSR count). The summed E-state index contributed by atoms with van der Waals surface area (Å²) in [5.41, 5.74) is 0.607. The molecule has 0 fully saturated rings. The lowest BCUT2D eigenvalue weighted by Crippen LogP contribution is -2.16. The quantitative estimate of drug-likeness (QED) is 0.583. The largest absolute Gasteiger partial charge is 0.497 e. The maximum atomic E-state index is 13.5. The molecule has 31 heavy (non-hydrogen) atoms. The van der Waals surface area contributed by atoms with Crippen molar-refractivity contribution in [2.24, 2.45) is 5.92 Å². The van der Waals surface area contributed by atoms with Crippen LogP contribution in [0, 0.1) is 5.92 Å². The van der Waals surface area contributed by atoms with Crippen LogP contribution in [-0.2, 0) is 9.84 Å². The molecule has 0 amide bonds. The fourth-order valence-corrected chi connectivity index (χ4v) is 4.37. The van der Waals surface area contributed by atoms with Crippen molar-refractivity contribution < 1.29 is 27.0 Å². The van der Waals surface area contributed by atoms with Crippen LogP contribution < -0.4 is 19.5 Å². The Bertz CT molecular complexity index is 1190. The van der Waals surface area contributed by atoms with Gasteiger partial charge in [0.25, 0.3) is 0 Å². The summed E-state index contributed by atoms with van der Waals surface area (Å²) >= 11 is 0. The molecule has 0 atom stereocenters. The molecule has 8 nitrogen and oxygen atoms in total. The van der Waals surface area contributed by atoms with Gasteiger partial charge in [-0.05, 0) is 36.2 Å². The van der Waals surface area contributed by atoms with Crippen molar-refractivity contribution in [1.29, 1.82) is 0 Å². The molecule has 0 saturated heterocycles. The summed E-state index contributed by atoms with van der Waals surface area (Å²) in [7, 11) is -2.43. The summed E-state index contributed by atoms with van der Waals surface area (Å²) < 4.78 is 49.1. The molecule has 0 unspecified atom stereocenters. The van der Waals surface area contributed by atoms with Gasteiger partial charge in [-0.25, -0.2) is 8.42 Å². The Kier molecular flexibility index (Phi) is 5.77. The number of aromatic nitrogens is 1. The number of rotatable bonds is 7. The molecule has 0 radical (unpaired) electrons. The maximum Gasteiger partial charge on any atom is 0.233 e.